The molecule has 1 aromatic heterocycles. The second kappa shape index (κ2) is 7.06. The van der Waals surface area contributed by atoms with E-state index in [1.807, 2.05) is 17.5 Å². The molecule has 4 nitrogen and oxygen atoms in total. The van der Waals surface area contributed by atoms with Crippen molar-refractivity contribution in [2.75, 3.05) is 19.6 Å². The van der Waals surface area contributed by atoms with Crippen LogP contribution in [0.3, 0.4) is 0 Å². The van der Waals surface area contributed by atoms with Crippen LogP contribution in [0.2, 0.25) is 0 Å². The zero-order chi connectivity index (χ0) is 17.2. The third-order valence-corrected chi connectivity index (χ3v) is 5.70. The van der Waals surface area contributed by atoms with Crippen molar-refractivity contribution in [3.8, 4) is 0 Å². The first-order chi connectivity index (χ1) is 12.2. The van der Waals surface area contributed by atoms with E-state index in [0.717, 1.165) is 42.1 Å². The molecule has 3 heterocycles. The first kappa shape index (κ1) is 16.4. The highest BCUT2D eigenvalue weighted by atomic mass is 32.1. The number of hydrazone groups is 1. The van der Waals surface area contributed by atoms with Gasteiger partial charge in [0.25, 0.3) is 5.91 Å². The summed E-state index contributed by atoms with van der Waals surface area (Å²) in [4.78, 5) is 16.1. The summed E-state index contributed by atoms with van der Waals surface area (Å²) in [6.07, 6.45) is 2.97. The van der Waals surface area contributed by atoms with Crippen molar-refractivity contribution in [3.63, 3.8) is 0 Å². The van der Waals surface area contributed by atoms with Crippen molar-refractivity contribution in [1.82, 2.24) is 9.91 Å². The number of halogens is 1. The molecule has 2 aliphatic rings. The van der Waals surface area contributed by atoms with E-state index in [0.29, 0.717) is 13.0 Å². The molecule has 1 amide bonds. The molecule has 2 aromatic rings. The molecule has 1 atom stereocenters. The molecule has 2 aliphatic heterocycles. The normalized spacial score (nSPS) is 20.9. The van der Waals surface area contributed by atoms with E-state index in [9.17, 15) is 9.18 Å². The zero-order valence-corrected chi connectivity index (χ0v) is 14.7. The maximum atomic E-state index is 13.3. The van der Waals surface area contributed by atoms with Crippen LogP contribution in [0.5, 0.6) is 0 Å². The summed E-state index contributed by atoms with van der Waals surface area (Å²) in [5.74, 6) is -0.251. The number of carbonyl (C=O) groups excluding carboxylic acids is 1. The van der Waals surface area contributed by atoms with Gasteiger partial charge in [0.15, 0.2) is 0 Å². The van der Waals surface area contributed by atoms with E-state index in [2.05, 4.69) is 10.0 Å². The molecule has 1 aromatic carbocycles. The summed E-state index contributed by atoms with van der Waals surface area (Å²) in [5.41, 5.74) is 1.85. The lowest BCUT2D eigenvalue weighted by molar-refractivity contribution is -0.134. The highest BCUT2D eigenvalue weighted by molar-refractivity contribution is 7.12. The van der Waals surface area contributed by atoms with Crippen molar-refractivity contribution in [2.24, 2.45) is 5.10 Å². The Labute approximate surface area is 150 Å². The average Bonchev–Trinajstić information content (AvgIpc) is 3.36. The van der Waals surface area contributed by atoms with E-state index in [-0.39, 0.29) is 17.8 Å². The number of benzene rings is 1. The third kappa shape index (κ3) is 3.50. The second-order valence-electron chi connectivity index (χ2n) is 6.52. The highest BCUT2D eigenvalue weighted by Gasteiger charge is 2.34. The summed E-state index contributed by atoms with van der Waals surface area (Å²) >= 11 is 1.63. The van der Waals surface area contributed by atoms with Gasteiger partial charge in [-0.1, -0.05) is 18.2 Å². The maximum absolute atomic E-state index is 13.3. The van der Waals surface area contributed by atoms with Gasteiger partial charge in [-0.25, -0.2) is 9.40 Å². The van der Waals surface area contributed by atoms with Crippen LogP contribution in [-0.2, 0) is 4.79 Å². The van der Waals surface area contributed by atoms with Gasteiger partial charge in [0.2, 0.25) is 0 Å². The first-order valence-electron chi connectivity index (χ1n) is 8.62. The van der Waals surface area contributed by atoms with E-state index < -0.39 is 0 Å². The molecule has 130 valence electrons. The van der Waals surface area contributed by atoms with Crippen molar-refractivity contribution >= 4 is 23.0 Å². The van der Waals surface area contributed by atoms with Crippen LogP contribution in [0.4, 0.5) is 4.39 Å². The van der Waals surface area contributed by atoms with Crippen molar-refractivity contribution in [1.29, 1.82) is 0 Å². The van der Waals surface area contributed by atoms with Crippen LogP contribution in [0, 0.1) is 5.82 Å². The van der Waals surface area contributed by atoms with Gasteiger partial charge >= 0.3 is 0 Å². The Balaban J connectivity index is 1.59. The van der Waals surface area contributed by atoms with Crippen LogP contribution in [0.15, 0.2) is 46.9 Å². The third-order valence-electron chi connectivity index (χ3n) is 4.78. The van der Waals surface area contributed by atoms with E-state index >= 15 is 0 Å². The Kier molecular flexibility index (Phi) is 4.63. The average molecular weight is 357 g/mol. The number of amides is 1. The van der Waals surface area contributed by atoms with Gasteiger partial charge in [0, 0.05) is 6.42 Å². The smallest absolute Gasteiger partial charge is 0.257 e. The minimum Gasteiger partial charge on any atom is -0.294 e. The van der Waals surface area contributed by atoms with Crippen LogP contribution in [0.1, 0.15) is 35.7 Å². The van der Waals surface area contributed by atoms with Gasteiger partial charge < -0.3 is 0 Å². The molecule has 1 fully saturated rings. The Morgan fingerprint density at radius 3 is 2.64 bits per heavy atom. The summed E-state index contributed by atoms with van der Waals surface area (Å²) in [5, 5.41) is 8.27. The van der Waals surface area contributed by atoms with Crippen LogP contribution >= 0.6 is 11.3 Å². The number of likely N-dealkylation sites (tertiary alicyclic amines) is 1. The minimum absolute atomic E-state index is 0.0165. The number of hydrogen-bond acceptors (Lipinski definition) is 4. The SMILES string of the molecule is O=C(CN1CCCC1)N1N=C(c2cccs2)C[C@H]1c1ccc(F)cc1. The van der Waals surface area contributed by atoms with Gasteiger partial charge in [-0.3, -0.25) is 9.69 Å². The number of nitrogens with zero attached hydrogens (tertiary/aromatic N) is 3. The van der Waals surface area contributed by atoms with Crippen molar-refractivity contribution < 1.29 is 9.18 Å². The Morgan fingerprint density at radius 2 is 1.96 bits per heavy atom. The molecular formula is C19H20FN3OS. The molecule has 0 radical (unpaired) electrons. The molecule has 0 aliphatic carbocycles. The number of rotatable bonds is 4. The predicted octanol–water partition coefficient (Wildman–Crippen LogP) is 3.66. The predicted molar refractivity (Wildman–Crippen MR) is 97.1 cm³/mol. The van der Waals surface area contributed by atoms with Crippen LogP contribution in [-0.4, -0.2) is 41.2 Å². The molecular weight excluding hydrogens is 337 g/mol. The van der Waals surface area contributed by atoms with Crippen LogP contribution in [0.25, 0.3) is 0 Å². The van der Waals surface area contributed by atoms with E-state index in [1.54, 1.807) is 28.5 Å². The maximum Gasteiger partial charge on any atom is 0.257 e. The highest BCUT2D eigenvalue weighted by Crippen LogP contribution is 2.34. The zero-order valence-electron chi connectivity index (χ0n) is 13.9. The monoisotopic (exact) mass is 357 g/mol. The summed E-state index contributed by atoms with van der Waals surface area (Å²) in [6, 6.07) is 10.3. The molecule has 0 spiro atoms. The number of thiophene rings is 1. The van der Waals surface area contributed by atoms with Gasteiger partial charge in [-0.15, -0.1) is 11.3 Å². The Bertz CT molecular complexity index is 766. The molecule has 0 bridgehead atoms. The van der Waals surface area contributed by atoms with Crippen molar-refractivity contribution in [3.05, 3.63) is 58.0 Å². The van der Waals surface area contributed by atoms with E-state index in [4.69, 9.17) is 0 Å². The summed E-state index contributed by atoms with van der Waals surface area (Å²) < 4.78 is 13.3. The van der Waals surface area contributed by atoms with Crippen LogP contribution < -0.4 is 0 Å². The fraction of sp³-hybridized carbons (Fsp3) is 0.368. The minimum atomic E-state index is -0.268. The molecule has 0 saturated carbocycles. The molecule has 25 heavy (non-hydrogen) atoms. The quantitative estimate of drug-likeness (QED) is 0.837. The number of carbonyl (C=O) groups is 1. The fourth-order valence-corrected chi connectivity index (χ4v) is 4.20. The lowest BCUT2D eigenvalue weighted by atomic mass is 10.0. The molecule has 6 heteroatoms. The Morgan fingerprint density at radius 1 is 1.20 bits per heavy atom. The summed E-state index contributed by atoms with van der Waals surface area (Å²) in [7, 11) is 0. The van der Waals surface area contributed by atoms with Crippen molar-refractivity contribution in [2.45, 2.75) is 25.3 Å². The standard InChI is InChI=1S/C19H20FN3OS/c20-15-7-5-14(6-8-15)17-12-16(18-4-3-11-25-18)21-23(17)19(24)13-22-9-1-2-10-22/h3-8,11,17H,1-2,9-10,12-13H2/t17-/m0/s1. The van der Waals surface area contributed by atoms with Gasteiger partial charge in [-0.2, -0.15) is 5.10 Å². The van der Waals surface area contributed by atoms with Gasteiger partial charge in [-0.05, 0) is 55.1 Å². The lowest BCUT2D eigenvalue weighted by Gasteiger charge is -2.24. The topological polar surface area (TPSA) is 35.9 Å². The Hall–Kier alpha value is -2.05. The van der Waals surface area contributed by atoms with E-state index in [1.165, 1.54) is 12.1 Å². The second-order valence-corrected chi connectivity index (χ2v) is 7.46. The molecule has 1 saturated heterocycles. The molecule has 0 N–H and O–H groups in total. The summed E-state index contributed by atoms with van der Waals surface area (Å²) in [6.45, 7) is 2.35. The molecule has 4 rings (SSSR count). The lowest BCUT2D eigenvalue weighted by Crippen LogP contribution is -2.36. The fourth-order valence-electron chi connectivity index (χ4n) is 3.48. The largest absolute Gasteiger partial charge is 0.294 e. The van der Waals surface area contributed by atoms with Gasteiger partial charge in [0.05, 0.1) is 23.2 Å². The number of hydrogen-bond donors (Lipinski definition) is 0. The first-order valence-corrected chi connectivity index (χ1v) is 9.50. The molecule has 0 unspecified atom stereocenters. The van der Waals surface area contributed by atoms with Gasteiger partial charge in [0.1, 0.15) is 5.82 Å².